The molecule has 0 saturated carbocycles. The average molecular weight is 331 g/mol. The minimum absolute atomic E-state index is 0.112. The van der Waals surface area contributed by atoms with Crippen LogP contribution < -0.4 is 10.1 Å². The molecule has 5 heteroatoms. The zero-order valence-electron chi connectivity index (χ0n) is 13.2. The molecule has 0 saturated heterocycles. The average Bonchev–Trinajstić information content (AvgIpc) is 2.77. The standard InChI is InChI=1S/C18H19ClN2O2/c1-12-5-3-4-6-15(12)13-9-14-11-21(18(22)20-2)7-8-23-17(14)16(19)10-13/h3-6,9-10H,7-8,11H2,1-2H3,(H,20,22). The first-order valence-electron chi connectivity index (χ1n) is 7.58. The summed E-state index contributed by atoms with van der Waals surface area (Å²) in [7, 11) is 1.63. The second-order valence-electron chi connectivity index (χ2n) is 5.59. The number of carbonyl (C=O) groups excluding carboxylic acids is 1. The van der Waals surface area contributed by atoms with Crippen molar-refractivity contribution in [3.05, 3.63) is 52.5 Å². The fourth-order valence-corrected chi connectivity index (χ4v) is 3.15. The fourth-order valence-electron chi connectivity index (χ4n) is 2.86. The lowest BCUT2D eigenvalue weighted by Gasteiger charge is -2.19. The van der Waals surface area contributed by atoms with Crippen LogP contribution in [0, 0.1) is 6.92 Å². The minimum atomic E-state index is -0.112. The largest absolute Gasteiger partial charge is 0.490 e. The van der Waals surface area contributed by atoms with E-state index in [4.69, 9.17) is 16.3 Å². The van der Waals surface area contributed by atoms with Crippen molar-refractivity contribution in [2.24, 2.45) is 0 Å². The van der Waals surface area contributed by atoms with E-state index in [9.17, 15) is 4.79 Å². The van der Waals surface area contributed by atoms with Gasteiger partial charge < -0.3 is 15.0 Å². The Bertz CT molecular complexity index is 746. The van der Waals surface area contributed by atoms with Crippen LogP contribution in [-0.4, -0.2) is 31.1 Å². The van der Waals surface area contributed by atoms with Crippen LogP contribution in [-0.2, 0) is 6.54 Å². The molecule has 0 fully saturated rings. The summed E-state index contributed by atoms with van der Waals surface area (Å²) in [6.07, 6.45) is 0. The van der Waals surface area contributed by atoms with Crippen molar-refractivity contribution in [2.45, 2.75) is 13.5 Å². The summed E-state index contributed by atoms with van der Waals surface area (Å²) in [5.41, 5.74) is 4.28. The Morgan fingerprint density at radius 2 is 2.09 bits per heavy atom. The first-order chi connectivity index (χ1) is 11.1. The van der Waals surface area contributed by atoms with Gasteiger partial charge in [-0.25, -0.2) is 4.79 Å². The number of benzene rings is 2. The monoisotopic (exact) mass is 330 g/mol. The van der Waals surface area contributed by atoms with Gasteiger partial charge in [-0.3, -0.25) is 0 Å². The summed E-state index contributed by atoms with van der Waals surface area (Å²) >= 11 is 6.44. The second kappa shape index (κ2) is 6.50. The molecule has 0 atom stereocenters. The highest BCUT2D eigenvalue weighted by molar-refractivity contribution is 6.32. The highest BCUT2D eigenvalue weighted by Crippen LogP contribution is 2.37. The molecule has 1 heterocycles. The zero-order valence-corrected chi connectivity index (χ0v) is 14.0. The van der Waals surface area contributed by atoms with E-state index < -0.39 is 0 Å². The predicted molar refractivity (Wildman–Crippen MR) is 92.0 cm³/mol. The first-order valence-corrected chi connectivity index (χ1v) is 7.96. The van der Waals surface area contributed by atoms with Gasteiger partial charge >= 0.3 is 6.03 Å². The van der Waals surface area contributed by atoms with Crippen molar-refractivity contribution in [2.75, 3.05) is 20.2 Å². The molecule has 120 valence electrons. The molecule has 3 rings (SSSR count). The van der Waals surface area contributed by atoms with E-state index in [0.29, 0.717) is 30.5 Å². The Labute approximate surface area is 141 Å². The van der Waals surface area contributed by atoms with Crippen LogP contribution in [0.25, 0.3) is 11.1 Å². The van der Waals surface area contributed by atoms with Crippen molar-refractivity contribution < 1.29 is 9.53 Å². The maximum absolute atomic E-state index is 11.9. The van der Waals surface area contributed by atoms with Gasteiger partial charge in [-0.1, -0.05) is 35.9 Å². The molecular weight excluding hydrogens is 312 g/mol. The van der Waals surface area contributed by atoms with Crippen molar-refractivity contribution in [3.63, 3.8) is 0 Å². The quantitative estimate of drug-likeness (QED) is 0.863. The van der Waals surface area contributed by atoms with Crippen molar-refractivity contribution in [1.29, 1.82) is 0 Å². The Kier molecular flexibility index (Phi) is 4.44. The number of rotatable bonds is 1. The highest BCUT2D eigenvalue weighted by atomic mass is 35.5. The van der Waals surface area contributed by atoms with E-state index in [2.05, 4.69) is 30.4 Å². The summed E-state index contributed by atoms with van der Waals surface area (Å²) in [6, 6.07) is 12.0. The number of aryl methyl sites for hydroxylation is 1. The molecule has 23 heavy (non-hydrogen) atoms. The predicted octanol–water partition coefficient (Wildman–Crippen LogP) is 3.85. The summed E-state index contributed by atoms with van der Waals surface area (Å²) in [5.74, 6) is 0.676. The molecule has 1 aliphatic rings. The van der Waals surface area contributed by atoms with Crippen LogP contribution in [0.1, 0.15) is 11.1 Å². The molecule has 4 nitrogen and oxygen atoms in total. The van der Waals surface area contributed by atoms with Crippen LogP contribution >= 0.6 is 11.6 Å². The number of fused-ring (bicyclic) bond motifs is 1. The van der Waals surface area contributed by atoms with Gasteiger partial charge in [0.05, 0.1) is 18.1 Å². The second-order valence-corrected chi connectivity index (χ2v) is 5.99. The minimum Gasteiger partial charge on any atom is -0.490 e. The van der Waals surface area contributed by atoms with Gasteiger partial charge in [0.1, 0.15) is 12.4 Å². The maximum Gasteiger partial charge on any atom is 0.317 e. The topological polar surface area (TPSA) is 41.6 Å². The van der Waals surface area contributed by atoms with Gasteiger partial charge in [-0.2, -0.15) is 0 Å². The highest BCUT2D eigenvalue weighted by Gasteiger charge is 2.22. The Hall–Kier alpha value is -2.20. The normalized spacial score (nSPS) is 13.8. The Morgan fingerprint density at radius 1 is 1.30 bits per heavy atom. The van der Waals surface area contributed by atoms with Gasteiger partial charge in [0.25, 0.3) is 0 Å². The Morgan fingerprint density at radius 3 is 2.83 bits per heavy atom. The number of amides is 2. The lowest BCUT2D eigenvalue weighted by Crippen LogP contribution is -2.38. The van der Waals surface area contributed by atoms with Crippen LogP contribution in [0.2, 0.25) is 5.02 Å². The zero-order chi connectivity index (χ0) is 16.4. The number of ether oxygens (including phenoxy) is 1. The summed E-state index contributed by atoms with van der Waals surface area (Å²) in [4.78, 5) is 13.7. The van der Waals surface area contributed by atoms with Gasteiger partial charge in [0.15, 0.2) is 0 Å². The molecule has 2 amide bonds. The molecule has 0 unspecified atom stereocenters. The number of hydrogen-bond acceptors (Lipinski definition) is 2. The molecular formula is C18H19ClN2O2. The van der Waals surface area contributed by atoms with Crippen molar-refractivity contribution in [1.82, 2.24) is 10.2 Å². The van der Waals surface area contributed by atoms with Crippen LogP contribution in [0.3, 0.4) is 0 Å². The van der Waals surface area contributed by atoms with Crippen molar-refractivity contribution >= 4 is 17.6 Å². The van der Waals surface area contributed by atoms with E-state index in [0.717, 1.165) is 16.7 Å². The van der Waals surface area contributed by atoms with Crippen molar-refractivity contribution in [3.8, 4) is 16.9 Å². The molecule has 0 aliphatic carbocycles. The van der Waals surface area contributed by atoms with Gasteiger partial charge in [-0.15, -0.1) is 0 Å². The van der Waals surface area contributed by atoms with Gasteiger partial charge in [-0.05, 0) is 35.7 Å². The molecule has 0 radical (unpaired) electrons. The van der Waals surface area contributed by atoms with Gasteiger partial charge in [0, 0.05) is 12.6 Å². The molecule has 2 aromatic rings. The Balaban J connectivity index is 2.05. The lowest BCUT2D eigenvalue weighted by atomic mass is 9.98. The smallest absolute Gasteiger partial charge is 0.317 e. The number of nitrogens with one attached hydrogen (secondary N) is 1. The number of hydrogen-bond donors (Lipinski definition) is 1. The molecule has 1 aliphatic heterocycles. The van der Waals surface area contributed by atoms with Crippen LogP contribution in [0.15, 0.2) is 36.4 Å². The molecule has 0 spiro atoms. The molecule has 0 aromatic heterocycles. The molecule has 0 bridgehead atoms. The fraction of sp³-hybridized carbons (Fsp3) is 0.278. The summed E-state index contributed by atoms with van der Waals surface area (Å²) in [5, 5.41) is 3.24. The van der Waals surface area contributed by atoms with E-state index >= 15 is 0 Å². The summed E-state index contributed by atoms with van der Waals surface area (Å²) in [6.45, 7) is 3.52. The summed E-state index contributed by atoms with van der Waals surface area (Å²) < 4.78 is 5.77. The van der Waals surface area contributed by atoms with E-state index in [1.54, 1.807) is 11.9 Å². The number of nitrogens with zero attached hydrogens (tertiary/aromatic N) is 1. The molecule has 1 N–H and O–H groups in total. The number of halogens is 1. The lowest BCUT2D eigenvalue weighted by molar-refractivity contribution is 0.190. The SMILES string of the molecule is CNC(=O)N1CCOc2c(Cl)cc(-c3ccccc3C)cc2C1. The third-order valence-electron chi connectivity index (χ3n) is 4.05. The van der Waals surface area contributed by atoms with E-state index in [-0.39, 0.29) is 6.03 Å². The van der Waals surface area contributed by atoms with E-state index in [1.165, 1.54) is 5.56 Å². The van der Waals surface area contributed by atoms with Crippen LogP contribution in [0.4, 0.5) is 4.79 Å². The van der Waals surface area contributed by atoms with Crippen LogP contribution in [0.5, 0.6) is 5.75 Å². The van der Waals surface area contributed by atoms with E-state index in [1.807, 2.05) is 18.2 Å². The third-order valence-corrected chi connectivity index (χ3v) is 4.33. The first kappa shape index (κ1) is 15.7. The third kappa shape index (κ3) is 3.13. The maximum atomic E-state index is 11.9. The molecule has 2 aromatic carbocycles. The number of carbonyl (C=O) groups is 1. The number of urea groups is 1. The van der Waals surface area contributed by atoms with Gasteiger partial charge in [0.2, 0.25) is 0 Å².